The van der Waals surface area contributed by atoms with Gasteiger partial charge in [0.1, 0.15) is 0 Å². The summed E-state index contributed by atoms with van der Waals surface area (Å²) in [5.41, 5.74) is 0.634. The molecule has 2 heteroatoms. The molecular formula is C13H27NS. The van der Waals surface area contributed by atoms with Gasteiger partial charge in [0.15, 0.2) is 0 Å². The normalized spacial score (nSPS) is 23.2. The van der Waals surface area contributed by atoms with Crippen molar-refractivity contribution < 1.29 is 0 Å². The van der Waals surface area contributed by atoms with Gasteiger partial charge in [-0.05, 0) is 42.9 Å². The zero-order chi connectivity index (χ0) is 11.3. The standard InChI is InChI=1S/C13H27NS/c1-4-12(10-15)9-14-8-7-13(5-2,6-3)11-14/h12,15H,4-11H2,1-3H3. The topological polar surface area (TPSA) is 3.24 Å². The molecule has 0 aliphatic carbocycles. The molecule has 1 aliphatic heterocycles. The summed E-state index contributed by atoms with van der Waals surface area (Å²) in [6, 6.07) is 0. The quantitative estimate of drug-likeness (QED) is 0.683. The Balaban J connectivity index is 2.41. The number of hydrogen-bond donors (Lipinski definition) is 1. The van der Waals surface area contributed by atoms with Gasteiger partial charge in [-0.2, -0.15) is 12.6 Å². The second-order valence-corrected chi connectivity index (χ2v) is 5.51. The Bertz CT molecular complexity index is 173. The van der Waals surface area contributed by atoms with Crippen molar-refractivity contribution in [3.05, 3.63) is 0 Å². The third-order valence-electron chi connectivity index (χ3n) is 4.37. The van der Waals surface area contributed by atoms with E-state index >= 15 is 0 Å². The zero-order valence-electron chi connectivity index (χ0n) is 10.6. The van der Waals surface area contributed by atoms with Crippen LogP contribution in [-0.4, -0.2) is 30.3 Å². The molecule has 1 atom stereocenters. The first-order valence-corrected chi connectivity index (χ1v) is 7.16. The van der Waals surface area contributed by atoms with Crippen LogP contribution in [0.1, 0.15) is 46.5 Å². The smallest absolute Gasteiger partial charge is 0.00384 e. The van der Waals surface area contributed by atoms with Crippen LogP contribution in [0.2, 0.25) is 0 Å². The van der Waals surface area contributed by atoms with Crippen LogP contribution in [0.25, 0.3) is 0 Å². The molecule has 1 nitrogen and oxygen atoms in total. The Morgan fingerprint density at radius 1 is 1.27 bits per heavy atom. The second-order valence-electron chi connectivity index (χ2n) is 5.15. The zero-order valence-corrected chi connectivity index (χ0v) is 11.5. The Kier molecular flexibility index (Phi) is 5.48. The molecule has 15 heavy (non-hydrogen) atoms. The molecule has 1 aliphatic rings. The van der Waals surface area contributed by atoms with Gasteiger partial charge in [0.2, 0.25) is 0 Å². The molecule has 0 aromatic heterocycles. The monoisotopic (exact) mass is 229 g/mol. The highest BCUT2D eigenvalue weighted by atomic mass is 32.1. The molecular weight excluding hydrogens is 202 g/mol. The minimum Gasteiger partial charge on any atom is -0.302 e. The lowest BCUT2D eigenvalue weighted by atomic mass is 9.82. The van der Waals surface area contributed by atoms with Crippen molar-refractivity contribution in [2.45, 2.75) is 46.5 Å². The van der Waals surface area contributed by atoms with Crippen LogP contribution in [0, 0.1) is 11.3 Å². The number of nitrogens with zero attached hydrogens (tertiary/aromatic N) is 1. The van der Waals surface area contributed by atoms with E-state index in [4.69, 9.17) is 0 Å². The van der Waals surface area contributed by atoms with Gasteiger partial charge in [-0.1, -0.05) is 27.2 Å². The summed E-state index contributed by atoms with van der Waals surface area (Å²) in [6.07, 6.45) is 5.36. The van der Waals surface area contributed by atoms with Crippen LogP contribution >= 0.6 is 12.6 Å². The highest BCUT2D eigenvalue weighted by Gasteiger charge is 2.34. The van der Waals surface area contributed by atoms with Crippen molar-refractivity contribution in [2.24, 2.45) is 11.3 Å². The third-order valence-corrected chi connectivity index (χ3v) is 4.89. The Morgan fingerprint density at radius 2 is 1.93 bits per heavy atom. The molecule has 0 radical (unpaired) electrons. The number of rotatable bonds is 6. The number of hydrogen-bond acceptors (Lipinski definition) is 2. The average molecular weight is 229 g/mol. The molecule has 0 N–H and O–H groups in total. The predicted molar refractivity (Wildman–Crippen MR) is 71.7 cm³/mol. The fourth-order valence-electron chi connectivity index (χ4n) is 2.69. The maximum atomic E-state index is 4.43. The number of thiol groups is 1. The SMILES string of the molecule is CCC(CS)CN1CCC(CC)(CC)C1. The molecule has 1 fully saturated rings. The van der Waals surface area contributed by atoms with Gasteiger partial charge in [0.25, 0.3) is 0 Å². The van der Waals surface area contributed by atoms with Crippen molar-refractivity contribution in [3.8, 4) is 0 Å². The lowest BCUT2D eigenvalue weighted by Gasteiger charge is -2.27. The Morgan fingerprint density at radius 3 is 2.33 bits per heavy atom. The van der Waals surface area contributed by atoms with Crippen LogP contribution in [0.15, 0.2) is 0 Å². The Hall–Kier alpha value is 0.310. The van der Waals surface area contributed by atoms with Crippen LogP contribution in [0.4, 0.5) is 0 Å². The van der Waals surface area contributed by atoms with E-state index in [1.165, 1.54) is 45.3 Å². The van der Waals surface area contributed by atoms with Crippen molar-refractivity contribution in [2.75, 3.05) is 25.4 Å². The van der Waals surface area contributed by atoms with Gasteiger partial charge in [-0.25, -0.2) is 0 Å². The van der Waals surface area contributed by atoms with Gasteiger partial charge < -0.3 is 4.90 Å². The lowest BCUT2D eigenvalue weighted by molar-refractivity contribution is 0.222. The third kappa shape index (κ3) is 3.39. The van der Waals surface area contributed by atoms with Crippen LogP contribution < -0.4 is 0 Å². The molecule has 1 heterocycles. The summed E-state index contributed by atoms with van der Waals surface area (Å²) in [6.45, 7) is 10.9. The largest absolute Gasteiger partial charge is 0.302 e. The Labute approximate surface area is 101 Å². The van der Waals surface area contributed by atoms with Crippen molar-refractivity contribution in [1.29, 1.82) is 0 Å². The first-order valence-electron chi connectivity index (χ1n) is 6.53. The van der Waals surface area contributed by atoms with E-state index in [1.54, 1.807) is 0 Å². The molecule has 1 unspecified atom stereocenters. The molecule has 1 rings (SSSR count). The number of likely N-dealkylation sites (tertiary alicyclic amines) is 1. The van der Waals surface area contributed by atoms with Gasteiger partial charge in [-0.3, -0.25) is 0 Å². The van der Waals surface area contributed by atoms with Crippen LogP contribution in [-0.2, 0) is 0 Å². The van der Waals surface area contributed by atoms with E-state index in [1.807, 2.05) is 0 Å². The first kappa shape index (κ1) is 13.4. The van der Waals surface area contributed by atoms with Gasteiger partial charge in [0.05, 0.1) is 0 Å². The highest BCUT2D eigenvalue weighted by molar-refractivity contribution is 7.80. The minimum absolute atomic E-state index is 0.634. The van der Waals surface area contributed by atoms with Gasteiger partial charge in [-0.15, -0.1) is 0 Å². The molecule has 0 amide bonds. The van der Waals surface area contributed by atoms with Crippen molar-refractivity contribution >= 4 is 12.6 Å². The van der Waals surface area contributed by atoms with Crippen molar-refractivity contribution in [1.82, 2.24) is 4.90 Å². The van der Waals surface area contributed by atoms with E-state index < -0.39 is 0 Å². The molecule has 0 aromatic rings. The predicted octanol–water partition coefficient (Wildman–Crippen LogP) is 3.45. The molecule has 0 spiro atoms. The summed E-state index contributed by atoms with van der Waals surface area (Å²) >= 11 is 4.43. The van der Waals surface area contributed by atoms with Gasteiger partial charge in [0, 0.05) is 13.1 Å². The summed E-state index contributed by atoms with van der Waals surface area (Å²) < 4.78 is 0. The maximum absolute atomic E-state index is 4.43. The molecule has 0 saturated carbocycles. The summed E-state index contributed by atoms with van der Waals surface area (Å²) in [5.74, 6) is 1.83. The van der Waals surface area contributed by atoms with E-state index in [0.717, 1.165) is 11.7 Å². The van der Waals surface area contributed by atoms with Crippen LogP contribution in [0.5, 0.6) is 0 Å². The van der Waals surface area contributed by atoms with E-state index in [-0.39, 0.29) is 0 Å². The fraction of sp³-hybridized carbons (Fsp3) is 1.00. The highest BCUT2D eigenvalue weighted by Crippen LogP contribution is 2.37. The second kappa shape index (κ2) is 6.15. The minimum atomic E-state index is 0.634. The van der Waals surface area contributed by atoms with Crippen molar-refractivity contribution in [3.63, 3.8) is 0 Å². The maximum Gasteiger partial charge on any atom is 0.00384 e. The molecule has 0 aromatic carbocycles. The van der Waals surface area contributed by atoms with E-state index in [0.29, 0.717) is 5.41 Å². The molecule has 1 saturated heterocycles. The van der Waals surface area contributed by atoms with E-state index in [9.17, 15) is 0 Å². The molecule has 90 valence electrons. The molecule has 0 bridgehead atoms. The average Bonchev–Trinajstić information content (AvgIpc) is 2.70. The van der Waals surface area contributed by atoms with Gasteiger partial charge >= 0.3 is 0 Å². The summed E-state index contributed by atoms with van der Waals surface area (Å²) in [5, 5.41) is 0. The lowest BCUT2D eigenvalue weighted by Crippen LogP contribution is -2.31. The summed E-state index contributed by atoms with van der Waals surface area (Å²) in [4.78, 5) is 2.66. The fourth-order valence-corrected chi connectivity index (χ4v) is 3.07. The van der Waals surface area contributed by atoms with Crippen LogP contribution in [0.3, 0.4) is 0 Å². The first-order chi connectivity index (χ1) is 7.19. The van der Waals surface area contributed by atoms with E-state index in [2.05, 4.69) is 38.3 Å². The summed E-state index contributed by atoms with van der Waals surface area (Å²) in [7, 11) is 0.